The Bertz CT molecular complexity index is 387. The van der Waals surface area contributed by atoms with Gasteiger partial charge in [-0.1, -0.05) is 6.92 Å². The third-order valence-electron chi connectivity index (χ3n) is 1.82. The van der Waals surface area contributed by atoms with Crippen LogP contribution < -0.4 is 0 Å². The molecule has 0 heterocycles. The summed E-state index contributed by atoms with van der Waals surface area (Å²) in [6.07, 6.45) is 0.926. The molecule has 5 nitrogen and oxygen atoms in total. The number of hydrogen-bond acceptors (Lipinski definition) is 4. The van der Waals surface area contributed by atoms with Gasteiger partial charge in [0.2, 0.25) is 0 Å². The minimum atomic E-state index is -1.15. The molecule has 0 aliphatic heterocycles. The monoisotopic (exact) mass is 241 g/mol. The van der Waals surface area contributed by atoms with Crippen molar-refractivity contribution in [2.75, 3.05) is 5.75 Å². The Labute approximate surface area is 96.6 Å². The first-order valence-electron chi connectivity index (χ1n) is 4.70. The topological polar surface area (TPSA) is 80.4 Å². The van der Waals surface area contributed by atoms with Gasteiger partial charge in [0, 0.05) is 17.0 Å². The molecule has 0 aromatic heterocycles. The Hall–Kier alpha value is -1.56. The van der Waals surface area contributed by atoms with E-state index in [1.165, 1.54) is 23.9 Å². The fourth-order valence-corrected chi connectivity index (χ4v) is 1.97. The van der Waals surface area contributed by atoms with Crippen LogP contribution in [0.1, 0.15) is 23.7 Å². The number of benzene rings is 1. The second-order valence-corrected chi connectivity index (χ2v) is 4.29. The molecule has 16 heavy (non-hydrogen) atoms. The zero-order chi connectivity index (χ0) is 12.1. The van der Waals surface area contributed by atoms with Crippen molar-refractivity contribution in [1.82, 2.24) is 0 Å². The van der Waals surface area contributed by atoms with Gasteiger partial charge in [0.15, 0.2) is 0 Å². The summed E-state index contributed by atoms with van der Waals surface area (Å²) in [5, 5.41) is 19.4. The van der Waals surface area contributed by atoms with Gasteiger partial charge in [-0.2, -0.15) is 0 Å². The fourth-order valence-electron chi connectivity index (χ4n) is 1.12. The van der Waals surface area contributed by atoms with Crippen molar-refractivity contribution >= 4 is 23.4 Å². The number of carbonyl (C=O) groups is 1. The summed E-state index contributed by atoms with van der Waals surface area (Å²) in [4.78, 5) is 21.4. The quantitative estimate of drug-likeness (QED) is 0.487. The maximum Gasteiger partial charge on any atom is 0.335 e. The van der Waals surface area contributed by atoms with Crippen LogP contribution in [0.5, 0.6) is 0 Å². The Morgan fingerprint density at radius 3 is 2.69 bits per heavy atom. The van der Waals surface area contributed by atoms with Crippen molar-refractivity contribution in [3.63, 3.8) is 0 Å². The number of nitro groups is 1. The smallest absolute Gasteiger partial charge is 0.335 e. The lowest BCUT2D eigenvalue weighted by Gasteiger charge is -2.02. The van der Waals surface area contributed by atoms with E-state index in [0.29, 0.717) is 4.90 Å². The molecule has 0 fully saturated rings. The predicted molar refractivity (Wildman–Crippen MR) is 61.1 cm³/mol. The number of thioether (sulfide) groups is 1. The van der Waals surface area contributed by atoms with Crippen LogP contribution in [0.2, 0.25) is 0 Å². The lowest BCUT2D eigenvalue weighted by molar-refractivity contribution is -0.385. The molecule has 6 heteroatoms. The van der Waals surface area contributed by atoms with Crippen LogP contribution in [0.4, 0.5) is 5.69 Å². The Morgan fingerprint density at radius 2 is 2.19 bits per heavy atom. The number of rotatable bonds is 5. The molecule has 1 aromatic rings. The summed E-state index contributed by atoms with van der Waals surface area (Å²) in [7, 11) is 0. The van der Waals surface area contributed by atoms with E-state index in [4.69, 9.17) is 5.11 Å². The lowest BCUT2D eigenvalue weighted by Crippen LogP contribution is -1.99. The maximum absolute atomic E-state index is 10.8. The largest absolute Gasteiger partial charge is 0.478 e. The van der Waals surface area contributed by atoms with Crippen LogP contribution in [0.15, 0.2) is 23.1 Å². The van der Waals surface area contributed by atoms with Gasteiger partial charge in [-0.05, 0) is 18.2 Å². The van der Waals surface area contributed by atoms with Crippen molar-refractivity contribution in [3.8, 4) is 0 Å². The van der Waals surface area contributed by atoms with E-state index in [2.05, 4.69) is 0 Å². The number of aromatic carboxylic acids is 1. The van der Waals surface area contributed by atoms with E-state index in [9.17, 15) is 14.9 Å². The molecular weight excluding hydrogens is 230 g/mol. The van der Waals surface area contributed by atoms with Crippen LogP contribution in [0.25, 0.3) is 0 Å². The molecule has 0 saturated carbocycles. The molecule has 0 amide bonds. The fraction of sp³-hybridized carbons (Fsp3) is 0.300. The van der Waals surface area contributed by atoms with Crippen LogP contribution in [-0.2, 0) is 0 Å². The summed E-state index contributed by atoms with van der Waals surface area (Å²) in [5.74, 6) is -0.345. The molecule has 1 aromatic carbocycles. The first-order chi connectivity index (χ1) is 7.54. The van der Waals surface area contributed by atoms with Crippen molar-refractivity contribution < 1.29 is 14.8 Å². The second kappa shape index (κ2) is 5.50. The third-order valence-corrected chi connectivity index (χ3v) is 3.00. The molecule has 0 atom stereocenters. The van der Waals surface area contributed by atoms with E-state index < -0.39 is 10.9 Å². The SMILES string of the molecule is CCCSc1cc(C(=O)O)cc([N+](=O)[O-])c1. The minimum Gasteiger partial charge on any atom is -0.478 e. The van der Waals surface area contributed by atoms with E-state index in [1.807, 2.05) is 6.92 Å². The van der Waals surface area contributed by atoms with Gasteiger partial charge in [-0.25, -0.2) is 4.79 Å². The number of nitro benzene ring substituents is 1. The number of carboxylic acid groups (broad SMARTS) is 1. The average Bonchev–Trinajstić information content (AvgIpc) is 2.25. The molecule has 1 rings (SSSR count). The van der Waals surface area contributed by atoms with E-state index in [0.717, 1.165) is 18.2 Å². The number of nitrogens with zero attached hydrogens (tertiary/aromatic N) is 1. The van der Waals surface area contributed by atoms with Crippen molar-refractivity contribution in [3.05, 3.63) is 33.9 Å². The zero-order valence-corrected chi connectivity index (χ0v) is 9.49. The molecule has 86 valence electrons. The van der Waals surface area contributed by atoms with Gasteiger partial charge in [0.05, 0.1) is 10.5 Å². The normalized spacial score (nSPS) is 10.1. The van der Waals surface area contributed by atoms with Crippen molar-refractivity contribution in [1.29, 1.82) is 0 Å². The highest BCUT2D eigenvalue weighted by Crippen LogP contribution is 2.25. The summed E-state index contributed by atoms with van der Waals surface area (Å²) in [6.45, 7) is 1.99. The highest BCUT2D eigenvalue weighted by atomic mass is 32.2. The highest BCUT2D eigenvalue weighted by molar-refractivity contribution is 7.99. The number of carboxylic acids is 1. The molecule has 0 bridgehead atoms. The number of non-ortho nitro benzene ring substituents is 1. The van der Waals surface area contributed by atoms with Gasteiger partial charge < -0.3 is 5.11 Å². The number of hydrogen-bond donors (Lipinski definition) is 1. The van der Waals surface area contributed by atoms with Crippen LogP contribution in [0, 0.1) is 10.1 Å². The highest BCUT2D eigenvalue weighted by Gasteiger charge is 2.13. The van der Waals surface area contributed by atoms with E-state index in [-0.39, 0.29) is 11.3 Å². The third kappa shape index (κ3) is 3.23. The first-order valence-corrected chi connectivity index (χ1v) is 5.68. The van der Waals surface area contributed by atoms with Crippen LogP contribution >= 0.6 is 11.8 Å². The van der Waals surface area contributed by atoms with Crippen LogP contribution in [-0.4, -0.2) is 21.8 Å². The van der Waals surface area contributed by atoms with Gasteiger partial charge in [-0.15, -0.1) is 11.8 Å². The maximum atomic E-state index is 10.8. The molecule has 0 saturated heterocycles. The Balaban J connectivity index is 3.08. The first kappa shape index (κ1) is 12.5. The summed E-state index contributed by atoms with van der Waals surface area (Å²) in [5.41, 5.74) is -0.230. The molecule has 0 unspecified atom stereocenters. The molecular formula is C10H11NO4S. The molecule has 1 N–H and O–H groups in total. The van der Waals surface area contributed by atoms with Crippen molar-refractivity contribution in [2.24, 2.45) is 0 Å². The van der Waals surface area contributed by atoms with Gasteiger partial charge in [0.1, 0.15) is 0 Å². The molecule has 0 spiro atoms. The van der Waals surface area contributed by atoms with Gasteiger partial charge >= 0.3 is 5.97 Å². The van der Waals surface area contributed by atoms with Gasteiger partial charge in [0.25, 0.3) is 5.69 Å². The molecule has 0 aliphatic rings. The average molecular weight is 241 g/mol. The Morgan fingerprint density at radius 1 is 1.50 bits per heavy atom. The molecule has 0 aliphatic carbocycles. The standard InChI is InChI=1S/C10H11NO4S/c1-2-3-16-9-5-7(10(12)13)4-8(6-9)11(14)15/h4-6H,2-3H2,1H3,(H,12,13). The van der Waals surface area contributed by atoms with Gasteiger partial charge in [-0.3, -0.25) is 10.1 Å². The zero-order valence-electron chi connectivity index (χ0n) is 8.67. The molecule has 0 radical (unpaired) electrons. The van der Waals surface area contributed by atoms with E-state index in [1.54, 1.807) is 0 Å². The Kier molecular flexibility index (Phi) is 4.30. The van der Waals surface area contributed by atoms with Crippen LogP contribution in [0.3, 0.4) is 0 Å². The second-order valence-electron chi connectivity index (χ2n) is 3.13. The lowest BCUT2D eigenvalue weighted by atomic mass is 10.2. The summed E-state index contributed by atoms with van der Waals surface area (Å²) in [6, 6.07) is 3.92. The summed E-state index contributed by atoms with van der Waals surface area (Å²) >= 11 is 1.42. The predicted octanol–water partition coefficient (Wildman–Crippen LogP) is 2.80. The minimum absolute atomic E-state index is 0.0483. The van der Waals surface area contributed by atoms with E-state index >= 15 is 0 Å². The van der Waals surface area contributed by atoms with Crippen molar-refractivity contribution in [2.45, 2.75) is 18.2 Å². The summed E-state index contributed by atoms with van der Waals surface area (Å²) < 4.78 is 0.